The van der Waals surface area contributed by atoms with Gasteiger partial charge in [-0.05, 0) is 94.2 Å². The van der Waals surface area contributed by atoms with E-state index in [1.807, 2.05) is 13.0 Å². The number of esters is 1. The van der Waals surface area contributed by atoms with Gasteiger partial charge in [-0.25, -0.2) is 24.0 Å². The molecule has 10 atom stereocenters. The number of hydrogen-bond acceptors (Lipinski definition) is 19. The van der Waals surface area contributed by atoms with E-state index in [0.717, 1.165) is 16.0 Å². The van der Waals surface area contributed by atoms with Crippen molar-refractivity contribution in [2.45, 2.75) is 173 Å². The van der Waals surface area contributed by atoms with Crippen LogP contribution in [0.15, 0.2) is 60.2 Å². The van der Waals surface area contributed by atoms with E-state index in [-0.39, 0.29) is 81.6 Å². The van der Waals surface area contributed by atoms with Gasteiger partial charge in [-0.3, -0.25) is 39.0 Å². The van der Waals surface area contributed by atoms with Crippen LogP contribution in [0.5, 0.6) is 5.75 Å². The molecule has 0 radical (unpaired) electrons. The third-order valence-corrected chi connectivity index (χ3v) is 16.5. The molecular formula is C61H82ClN9O19. The zero-order chi connectivity index (χ0) is 66.4. The van der Waals surface area contributed by atoms with Gasteiger partial charge in [-0.2, -0.15) is 0 Å². The third-order valence-electron chi connectivity index (χ3n) is 16.1. The Bertz CT molecular complexity index is 3070. The molecule has 6 rings (SSSR count). The molecule has 10 amide bonds. The number of amides is 10. The summed E-state index contributed by atoms with van der Waals surface area (Å²) in [4.78, 5) is 150. The Balaban J connectivity index is 1.08. The highest BCUT2D eigenvalue weighted by molar-refractivity contribution is 6.35. The van der Waals surface area contributed by atoms with Gasteiger partial charge in [-0.15, -0.1) is 5.06 Å². The lowest BCUT2D eigenvalue weighted by Gasteiger charge is -2.42. The van der Waals surface area contributed by atoms with Gasteiger partial charge >= 0.3 is 30.2 Å². The zero-order valence-electron chi connectivity index (χ0n) is 52.2. The molecule has 4 heterocycles. The Labute approximate surface area is 526 Å². The first-order chi connectivity index (χ1) is 42.5. The normalized spacial score (nSPS) is 24.1. The lowest BCUT2D eigenvalue weighted by molar-refractivity contribution is -0.197. The van der Waals surface area contributed by atoms with Crippen LogP contribution < -0.4 is 42.0 Å². The van der Waals surface area contributed by atoms with Crippen molar-refractivity contribution in [1.82, 2.24) is 31.2 Å². The largest absolute Gasteiger partial charge is 0.495 e. The summed E-state index contributed by atoms with van der Waals surface area (Å²) in [5.74, 6) is -6.11. The monoisotopic (exact) mass is 1280 g/mol. The molecule has 1 unspecified atom stereocenters. The fraction of sp³-hybridized carbons (Fsp3) is 0.557. The minimum absolute atomic E-state index is 0.0353. The molecule has 90 heavy (non-hydrogen) atoms. The van der Waals surface area contributed by atoms with Crippen LogP contribution in [0.3, 0.4) is 0 Å². The van der Waals surface area contributed by atoms with Gasteiger partial charge in [0, 0.05) is 71.5 Å². The number of carbonyl (C=O) groups excluding carboxylic acids is 11. The van der Waals surface area contributed by atoms with Crippen LogP contribution in [0.25, 0.3) is 0 Å². The Hall–Kier alpha value is -8.34. The molecule has 3 fully saturated rings. The molecule has 28 nitrogen and oxygen atoms in total. The molecule has 0 spiro atoms. The van der Waals surface area contributed by atoms with E-state index in [4.69, 9.17) is 50.6 Å². The van der Waals surface area contributed by atoms with Crippen molar-refractivity contribution in [2.24, 2.45) is 17.6 Å². The fourth-order valence-corrected chi connectivity index (χ4v) is 10.8. The molecule has 29 heteroatoms. The number of fused-ring (bicyclic) bond motifs is 5. The summed E-state index contributed by atoms with van der Waals surface area (Å²) in [5, 5.41) is 25.5. The van der Waals surface area contributed by atoms with E-state index in [9.17, 15) is 57.8 Å². The molecule has 0 aliphatic carbocycles. The van der Waals surface area contributed by atoms with Crippen molar-refractivity contribution in [3.63, 3.8) is 0 Å². The number of aliphatic hydroxyl groups is 1. The summed E-state index contributed by atoms with van der Waals surface area (Å²) < 4.78 is 35.0. The number of ether oxygens (including phenoxy) is 6. The molecule has 2 aromatic rings. The number of carbonyl (C=O) groups is 11. The van der Waals surface area contributed by atoms with Gasteiger partial charge in [-0.1, -0.05) is 68.3 Å². The number of urea groups is 1. The second-order valence-electron chi connectivity index (χ2n) is 23.3. The van der Waals surface area contributed by atoms with E-state index in [1.165, 1.54) is 52.3 Å². The number of likely N-dealkylation sites (N-methyl/N-ethyl adjacent to an activating group) is 1. The van der Waals surface area contributed by atoms with E-state index in [0.29, 0.717) is 28.5 Å². The number of primary amides is 1. The van der Waals surface area contributed by atoms with E-state index in [1.54, 1.807) is 64.1 Å². The molecule has 2 aromatic carbocycles. The third kappa shape index (κ3) is 18.6. The second kappa shape index (κ2) is 31.4. The number of hydrogen-bond donors (Lipinski definition) is 7. The number of nitrogens with two attached hydrogens (primary N) is 1. The Morgan fingerprint density at radius 2 is 1.62 bits per heavy atom. The first-order valence-corrected chi connectivity index (χ1v) is 29.9. The average molecular weight is 1280 g/mol. The Kier molecular flexibility index (Phi) is 24.7. The number of allylic oxidation sites excluding steroid dienone is 3. The van der Waals surface area contributed by atoms with E-state index < -0.39 is 138 Å². The highest BCUT2D eigenvalue weighted by atomic mass is 35.5. The van der Waals surface area contributed by atoms with Crippen molar-refractivity contribution >= 4 is 88.6 Å². The van der Waals surface area contributed by atoms with Crippen LogP contribution in [-0.4, -0.2) is 169 Å². The smallest absolute Gasteiger partial charge is 0.410 e. The van der Waals surface area contributed by atoms with Crippen molar-refractivity contribution in [3.05, 3.63) is 76.3 Å². The number of hydroxylamine groups is 2. The first kappa shape index (κ1) is 70.7. The summed E-state index contributed by atoms with van der Waals surface area (Å²) in [5.41, 5.74) is 4.60. The summed E-state index contributed by atoms with van der Waals surface area (Å²) in [6.07, 6.45) is -0.675. The molecule has 4 aliphatic rings. The maximum Gasteiger partial charge on any atom is 0.410 e. The molecule has 0 aromatic heterocycles. The topological polar surface area (TPSA) is 372 Å². The lowest BCUT2D eigenvalue weighted by atomic mass is 9.83. The predicted octanol–water partition coefficient (Wildman–Crippen LogP) is 4.50. The number of unbranched alkanes of at least 4 members (excludes halogenated alkanes) is 1. The number of benzene rings is 2. The van der Waals surface area contributed by atoms with Gasteiger partial charge in [0.15, 0.2) is 5.72 Å². The van der Waals surface area contributed by atoms with Crippen LogP contribution >= 0.6 is 11.6 Å². The van der Waals surface area contributed by atoms with Crippen LogP contribution in [0.4, 0.5) is 25.8 Å². The first-order valence-electron chi connectivity index (χ1n) is 29.6. The summed E-state index contributed by atoms with van der Waals surface area (Å²) >= 11 is 6.83. The highest BCUT2D eigenvalue weighted by Crippen LogP contribution is 2.49. The van der Waals surface area contributed by atoms with E-state index >= 15 is 0 Å². The number of epoxide rings is 1. The molecule has 4 bridgehead atoms. The number of imide groups is 1. The molecular weight excluding hydrogens is 1200 g/mol. The molecule has 3 saturated heterocycles. The zero-order valence-corrected chi connectivity index (χ0v) is 52.9. The minimum Gasteiger partial charge on any atom is -0.495 e. The van der Waals surface area contributed by atoms with Gasteiger partial charge in [0.05, 0.1) is 25.3 Å². The van der Waals surface area contributed by atoms with Crippen molar-refractivity contribution in [1.29, 1.82) is 0 Å². The summed E-state index contributed by atoms with van der Waals surface area (Å²) in [6.45, 7) is 9.84. The van der Waals surface area contributed by atoms with Crippen LogP contribution in [0.2, 0.25) is 5.02 Å². The number of nitrogens with zero attached hydrogens (tertiary/aromatic N) is 3. The van der Waals surface area contributed by atoms with Crippen LogP contribution in [-0.2, 0) is 79.9 Å². The maximum atomic E-state index is 14.4. The summed E-state index contributed by atoms with van der Waals surface area (Å²) in [6, 6.07) is 5.31. The lowest BCUT2D eigenvalue weighted by Crippen LogP contribution is -2.63. The molecule has 8 N–H and O–H groups in total. The number of rotatable bonds is 23. The van der Waals surface area contributed by atoms with Gasteiger partial charge in [0.25, 0.3) is 11.8 Å². The molecule has 492 valence electrons. The fourth-order valence-electron chi connectivity index (χ4n) is 10.5. The average Bonchev–Trinajstić information content (AvgIpc) is 1.57. The standard InChI is InChI=1S/C61H82ClN9O19/c1-33(2)52(67-46(72)18-11-12-19-50(76)90-71-47(73)24-25-48(71)74)55(78)66-40(16-14-26-64-57(63)80)54(77)65-39-22-20-37(21-23-39)32-86-59(82)69(7)36(5)56(79)88-45-30-49(75)70(8)41-28-38(29-42(84-9)51(41)62)27-34(3)15-13-17-44(85-10)61(83)31-43(87-58(81)68-61)35(4)53-60(45,6)89-53/h13,15,17,20-23,28-29,33,35-36,40,43-45,52-53,83H,11-12,14,16,18-19,24-27,30-32H2,1-10H3,(H,65,77)(H,66,78)(H,67,72)(H,68,81)(H3,63,64,80)/b17-13?,34-15-/t35-,36+,40+,43+,44-,45?,52+,53+,60+,61+/m1/s1. The van der Waals surface area contributed by atoms with Crippen molar-refractivity contribution < 1.29 is 91.1 Å². The second-order valence-corrected chi connectivity index (χ2v) is 23.7. The number of methoxy groups -OCH3 is 2. The number of alkyl carbamates (subject to hydrolysis) is 1. The van der Waals surface area contributed by atoms with Crippen LogP contribution in [0.1, 0.15) is 117 Å². The molecule has 4 aliphatic heterocycles. The van der Waals surface area contributed by atoms with E-state index in [2.05, 4.69) is 26.6 Å². The van der Waals surface area contributed by atoms with Gasteiger partial charge in [0.1, 0.15) is 59.4 Å². The SMILES string of the molecule is COc1cc2cc(c1Cl)N(C)C(=O)CC(OC(=O)[C@H](C)N(C)C(=O)OCc1ccc(NC(=O)[C@H](CCCNC(N)=O)NC(=O)[C@@H](NC(=O)CCCCC(=O)ON3C(=O)CCC3=O)C(C)C)cc1)[C@]1(C)O[C@H]1[C@H](C)[C@@H]1C[C@@](O)(NC(=O)O1)[C@H](OC)C=C/C=C(/C)C2. The Morgan fingerprint density at radius 3 is 2.27 bits per heavy atom. The highest BCUT2D eigenvalue weighted by Gasteiger charge is 2.64. The maximum absolute atomic E-state index is 14.4. The summed E-state index contributed by atoms with van der Waals surface area (Å²) in [7, 11) is 5.68. The number of anilines is 2. The van der Waals surface area contributed by atoms with Gasteiger partial charge < -0.3 is 70.3 Å². The quantitative estimate of drug-likeness (QED) is 0.0265. The molecule has 0 saturated carbocycles. The minimum atomic E-state index is -1.92. The number of halogens is 1. The van der Waals surface area contributed by atoms with Crippen LogP contribution in [0, 0.1) is 11.8 Å². The Morgan fingerprint density at radius 1 is 0.944 bits per heavy atom. The van der Waals surface area contributed by atoms with Crippen molar-refractivity contribution in [3.8, 4) is 5.75 Å². The number of nitrogens with one attached hydrogen (secondary N) is 5. The van der Waals surface area contributed by atoms with Gasteiger partial charge in [0.2, 0.25) is 23.6 Å². The van der Waals surface area contributed by atoms with Crippen molar-refractivity contribution in [2.75, 3.05) is 45.1 Å². The predicted molar refractivity (Wildman–Crippen MR) is 322 cm³/mol.